The number of amides is 3. The summed E-state index contributed by atoms with van der Waals surface area (Å²) in [6.07, 6.45) is 2.18. The highest BCUT2D eigenvalue weighted by Gasteiger charge is 2.23. The van der Waals surface area contributed by atoms with E-state index in [0.29, 0.717) is 56.5 Å². The number of hydrogen-bond acceptors (Lipinski definition) is 5. The fraction of sp³-hybridized carbons (Fsp3) is 0.333. The summed E-state index contributed by atoms with van der Waals surface area (Å²) in [6.45, 7) is 3.83. The maximum Gasteiger partial charge on any atom is 0.322 e. The minimum Gasteiger partial charge on any atom is -0.492 e. The molecule has 0 radical (unpaired) electrons. The zero-order chi connectivity index (χ0) is 24.9. The number of anilines is 1. The number of carbonyl (C=O) groups is 2. The second-order valence-electron chi connectivity index (χ2n) is 7.94. The van der Waals surface area contributed by atoms with Crippen LogP contribution in [0.2, 0.25) is 0 Å². The van der Waals surface area contributed by atoms with Crippen molar-refractivity contribution in [1.29, 1.82) is 0 Å². The van der Waals surface area contributed by atoms with Crippen molar-refractivity contribution >= 4 is 17.6 Å². The molecule has 1 heterocycles. The lowest BCUT2D eigenvalue weighted by Gasteiger charge is -2.28. The fourth-order valence-electron chi connectivity index (χ4n) is 3.59. The average Bonchev–Trinajstić information content (AvgIpc) is 3.38. The van der Waals surface area contributed by atoms with Crippen molar-refractivity contribution in [1.82, 2.24) is 9.80 Å². The van der Waals surface area contributed by atoms with Crippen molar-refractivity contribution in [3.8, 4) is 5.75 Å². The first kappa shape index (κ1) is 25.8. The van der Waals surface area contributed by atoms with E-state index in [9.17, 15) is 9.59 Å². The van der Waals surface area contributed by atoms with Crippen LogP contribution >= 0.6 is 0 Å². The molecule has 3 rings (SSSR count). The number of hydrogen-bond donors (Lipinski definition) is 1. The first-order chi connectivity index (χ1) is 17.1. The minimum atomic E-state index is -0.376. The van der Waals surface area contributed by atoms with Crippen molar-refractivity contribution in [2.75, 3.05) is 38.7 Å². The van der Waals surface area contributed by atoms with E-state index in [-0.39, 0.29) is 18.5 Å². The summed E-state index contributed by atoms with van der Waals surface area (Å²) in [5, 5.41) is 2.89. The van der Waals surface area contributed by atoms with Gasteiger partial charge in [-0.05, 0) is 43.2 Å². The number of rotatable bonds is 13. The third-order valence-corrected chi connectivity index (χ3v) is 5.31. The fourth-order valence-corrected chi connectivity index (χ4v) is 3.59. The van der Waals surface area contributed by atoms with Crippen LogP contribution < -0.4 is 10.1 Å². The smallest absolute Gasteiger partial charge is 0.322 e. The van der Waals surface area contributed by atoms with Crippen molar-refractivity contribution in [2.45, 2.75) is 26.4 Å². The molecule has 8 heteroatoms. The molecule has 0 saturated carbocycles. The Labute approximate surface area is 206 Å². The van der Waals surface area contributed by atoms with Gasteiger partial charge in [0.15, 0.2) is 0 Å². The molecular formula is C27H33N3O5. The summed E-state index contributed by atoms with van der Waals surface area (Å²) in [5.74, 6) is 1.07. The number of benzene rings is 2. The Morgan fingerprint density at radius 1 is 0.943 bits per heavy atom. The normalized spacial score (nSPS) is 10.6. The Morgan fingerprint density at radius 2 is 1.71 bits per heavy atom. The van der Waals surface area contributed by atoms with E-state index in [1.165, 1.54) is 4.90 Å². The molecule has 3 aromatic rings. The zero-order valence-electron chi connectivity index (χ0n) is 20.3. The summed E-state index contributed by atoms with van der Waals surface area (Å²) in [5.41, 5.74) is 1.55. The van der Waals surface area contributed by atoms with Gasteiger partial charge in [-0.25, -0.2) is 4.79 Å². The number of nitrogens with zero attached hydrogens (tertiary/aromatic N) is 2. The first-order valence-electron chi connectivity index (χ1n) is 11.7. The second-order valence-corrected chi connectivity index (χ2v) is 7.94. The molecule has 0 aliphatic rings. The van der Waals surface area contributed by atoms with Crippen LogP contribution in [0.25, 0.3) is 0 Å². The topological polar surface area (TPSA) is 84.2 Å². The Bertz CT molecular complexity index is 1040. The maximum absolute atomic E-state index is 13.4. The van der Waals surface area contributed by atoms with Gasteiger partial charge in [-0.2, -0.15) is 0 Å². The van der Waals surface area contributed by atoms with E-state index < -0.39 is 0 Å². The summed E-state index contributed by atoms with van der Waals surface area (Å²) in [7, 11) is 1.61. The third-order valence-electron chi connectivity index (χ3n) is 5.31. The van der Waals surface area contributed by atoms with Gasteiger partial charge in [-0.1, -0.05) is 42.5 Å². The van der Waals surface area contributed by atoms with E-state index in [2.05, 4.69) is 5.32 Å². The SMILES string of the molecule is CCOc1ccccc1NC(=O)N(CCCOC)CC(=O)N(Cc1ccccc1)Cc1ccco1. The standard InChI is InChI=1S/C27H33N3O5/c1-3-34-25-15-8-7-14-24(25)28-27(32)29(16-10-17-33-2)21-26(31)30(20-23-13-9-18-35-23)19-22-11-5-4-6-12-22/h4-9,11-15,18H,3,10,16-17,19-21H2,1-2H3,(H,28,32). The van der Waals surface area contributed by atoms with E-state index in [4.69, 9.17) is 13.9 Å². The molecule has 2 aromatic carbocycles. The number of methoxy groups -OCH3 is 1. The van der Waals surface area contributed by atoms with Crippen LogP contribution in [0.3, 0.4) is 0 Å². The van der Waals surface area contributed by atoms with Gasteiger partial charge in [0.2, 0.25) is 5.91 Å². The number of nitrogens with one attached hydrogen (secondary N) is 1. The van der Waals surface area contributed by atoms with Gasteiger partial charge < -0.3 is 29.0 Å². The molecule has 8 nitrogen and oxygen atoms in total. The van der Waals surface area contributed by atoms with E-state index in [1.54, 1.807) is 36.5 Å². The molecule has 1 N–H and O–H groups in total. The predicted octanol–water partition coefficient (Wildman–Crippen LogP) is 4.78. The monoisotopic (exact) mass is 479 g/mol. The van der Waals surface area contributed by atoms with Gasteiger partial charge in [0.1, 0.15) is 18.1 Å². The van der Waals surface area contributed by atoms with Crippen LogP contribution in [0.15, 0.2) is 77.4 Å². The predicted molar refractivity (Wildman–Crippen MR) is 134 cm³/mol. The number of para-hydroxylation sites is 2. The van der Waals surface area contributed by atoms with Crippen LogP contribution in [0.5, 0.6) is 5.75 Å². The van der Waals surface area contributed by atoms with Gasteiger partial charge in [-0.3, -0.25) is 4.79 Å². The molecule has 186 valence electrons. The maximum atomic E-state index is 13.4. The Kier molecular flexibility index (Phi) is 10.2. The molecule has 0 bridgehead atoms. The highest BCUT2D eigenvalue weighted by Crippen LogP contribution is 2.24. The van der Waals surface area contributed by atoms with Crippen LogP contribution in [0.1, 0.15) is 24.7 Å². The first-order valence-corrected chi connectivity index (χ1v) is 11.7. The lowest BCUT2D eigenvalue weighted by atomic mass is 10.2. The van der Waals surface area contributed by atoms with Crippen LogP contribution in [-0.2, 0) is 22.6 Å². The van der Waals surface area contributed by atoms with Gasteiger partial charge in [0.05, 0.1) is 25.1 Å². The summed E-state index contributed by atoms with van der Waals surface area (Å²) < 4.78 is 16.3. The molecule has 0 aliphatic carbocycles. The highest BCUT2D eigenvalue weighted by atomic mass is 16.5. The molecule has 1 aromatic heterocycles. The number of urea groups is 1. The molecule has 35 heavy (non-hydrogen) atoms. The highest BCUT2D eigenvalue weighted by molar-refractivity contribution is 5.93. The molecule has 0 saturated heterocycles. The van der Waals surface area contributed by atoms with E-state index >= 15 is 0 Å². The molecule has 0 atom stereocenters. The van der Waals surface area contributed by atoms with Crippen LogP contribution in [0.4, 0.5) is 10.5 Å². The lowest BCUT2D eigenvalue weighted by Crippen LogP contribution is -2.44. The molecule has 0 fully saturated rings. The van der Waals surface area contributed by atoms with E-state index in [0.717, 1.165) is 5.56 Å². The van der Waals surface area contributed by atoms with Gasteiger partial charge in [0, 0.05) is 26.8 Å². The summed E-state index contributed by atoms with van der Waals surface area (Å²) >= 11 is 0. The van der Waals surface area contributed by atoms with Gasteiger partial charge in [0.25, 0.3) is 0 Å². The van der Waals surface area contributed by atoms with Gasteiger partial charge >= 0.3 is 6.03 Å². The Balaban J connectivity index is 1.75. The molecular weight excluding hydrogens is 446 g/mol. The average molecular weight is 480 g/mol. The van der Waals surface area contributed by atoms with E-state index in [1.807, 2.05) is 55.5 Å². The van der Waals surface area contributed by atoms with Crippen molar-refractivity contribution in [3.05, 3.63) is 84.3 Å². The molecule has 0 aliphatic heterocycles. The van der Waals surface area contributed by atoms with Crippen molar-refractivity contribution < 1.29 is 23.5 Å². The molecule has 3 amide bonds. The van der Waals surface area contributed by atoms with Crippen molar-refractivity contribution in [3.63, 3.8) is 0 Å². The lowest BCUT2D eigenvalue weighted by molar-refractivity contribution is -0.133. The Morgan fingerprint density at radius 3 is 2.43 bits per heavy atom. The summed E-state index contributed by atoms with van der Waals surface area (Å²) in [6, 6.07) is 20.2. The molecule has 0 unspecified atom stereocenters. The Hall–Kier alpha value is -3.78. The van der Waals surface area contributed by atoms with Gasteiger partial charge in [-0.15, -0.1) is 0 Å². The largest absolute Gasteiger partial charge is 0.492 e. The zero-order valence-corrected chi connectivity index (χ0v) is 20.3. The minimum absolute atomic E-state index is 0.0834. The van der Waals surface area contributed by atoms with Crippen molar-refractivity contribution in [2.24, 2.45) is 0 Å². The third kappa shape index (κ3) is 8.19. The van der Waals surface area contributed by atoms with Crippen LogP contribution in [0, 0.1) is 0 Å². The number of ether oxygens (including phenoxy) is 2. The number of furan rings is 1. The summed E-state index contributed by atoms with van der Waals surface area (Å²) in [4.78, 5) is 29.9. The second kappa shape index (κ2) is 13.8. The quantitative estimate of drug-likeness (QED) is 0.357. The van der Waals surface area contributed by atoms with Crippen LogP contribution in [-0.4, -0.2) is 55.2 Å². The molecule has 0 spiro atoms. The number of carbonyl (C=O) groups excluding carboxylic acids is 2.